The van der Waals surface area contributed by atoms with Gasteiger partial charge in [0.15, 0.2) is 0 Å². The first-order chi connectivity index (χ1) is 7.34. The van der Waals surface area contributed by atoms with Crippen molar-refractivity contribution in [2.45, 2.75) is 44.1 Å². The van der Waals surface area contributed by atoms with Gasteiger partial charge in [-0.05, 0) is 49.7 Å². The summed E-state index contributed by atoms with van der Waals surface area (Å²) in [5.74, 6) is 1.30. The summed E-state index contributed by atoms with van der Waals surface area (Å²) in [7, 11) is 0. The Morgan fingerprint density at radius 1 is 1.27 bits per heavy atom. The van der Waals surface area contributed by atoms with Crippen LogP contribution in [-0.2, 0) is 6.42 Å². The van der Waals surface area contributed by atoms with E-state index in [1.54, 1.807) is 0 Å². The summed E-state index contributed by atoms with van der Waals surface area (Å²) in [6, 6.07) is 4.23. The van der Waals surface area contributed by atoms with Crippen LogP contribution in [0, 0.1) is 5.92 Å². The van der Waals surface area contributed by atoms with Gasteiger partial charge in [-0.15, -0.1) is 0 Å². The molecule has 0 aromatic carbocycles. The maximum Gasteiger partial charge on any atom is 0.0543 e. The summed E-state index contributed by atoms with van der Waals surface area (Å²) < 4.78 is 0. The van der Waals surface area contributed by atoms with Crippen molar-refractivity contribution < 1.29 is 5.11 Å². The Hall–Kier alpha value is -0.890. The summed E-state index contributed by atoms with van der Waals surface area (Å²) in [5, 5.41) is 9.59. The standard InChI is InChI=1S/C13H17NO/c15-11-5-3-10(8-11)12-6-4-9-2-1-7-14-13(9)12/h1-2,7,10-12,15H,3-6,8H2. The number of rotatable bonds is 1. The van der Waals surface area contributed by atoms with Crippen molar-refractivity contribution in [1.29, 1.82) is 0 Å². The molecule has 0 bridgehead atoms. The normalized spacial score (nSPS) is 34.3. The van der Waals surface area contributed by atoms with Gasteiger partial charge in [-0.2, -0.15) is 0 Å². The summed E-state index contributed by atoms with van der Waals surface area (Å²) in [6.45, 7) is 0. The van der Waals surface area contributed by atoms with E-state index in [2.05, 4.69) is 11.1 Å². The zero-order chi connectivity index (χ0) is 10.3. The highest BCUT2D eigenvalue weighted by Crippen LogP contribution is 2.43. The fraction of sp³-hybridized carbons (Fsp3) is 0.615. The van der Waals surface area contributed by atoms with Gasteiger partial charge in [-0.3, -0.25) is 4.98 Å². The van der Waals surface area contributed by atoms with Gasteiger partial charge in [0.25, 0.3) is 0 Å². The van der Waals surface area contributed by atoms with E-state index in [0.717, 1.165) is 12.8 Å². The monoisotopic (exact) mass is 203 g/mol. The quantitative estimate of drug-likeness (QED) is 0.759. The third-order valence-electron chi connectivity index (χ3n) is 4.02. The fourth-order valence-electron chi connectivity index (χ4n) is 3.26. The van der Waals surface area contributed by atoms with E-state index < -0.39 is 0 Å². The van der Waals surface area contributed by atoms with Crippen molar-refractivity contribution in [3.8, 4) is 0 Å². The minimum absolute atomic E-state index is 0.0530. The molecule has 80 valence electrons. The van der Waals surface area contributed by atoms with Crippen LogP contribution in [0.15, 0.2) is 18.3 Å². The molecule has 0 amide bonds. The second-order valence-electron chi connectivity index (χ2n) is 4.92. The summed E-state index contributed by atoms with van der Waals surface area (Å²) >= 11 is 0. The second-order valence-corrected chi connectivity index (χ2v) is 4.92. The van der Waals surface area contributed by atoms with Crippen molar-refractivity contribution in [3.05, 3.63) is 29.6 Å². The second kappa shape index (κ2) is 3.60. The first-order valence-electron chi connectivity index (χ1n) is 5.96. The Bertz CT molecular complexity index is 363. The lowest BCUT2D eigenvalue weighted by Gasteiger charge is -2.18. The molecule has 0 aliphatic heterocycles. The maximum atomic E-state index is 9.59. The van der Waals surface area contributed by atoms with Gasteiger partial charge >= 0.3 is 0 Å². The summed E-state index contributed by atoms with van der Waals surface area (Å²) in [4.78, 5) is 4.53. The molecule has 3 rings (SSSR count). The predicted octanol–water partition coefficient (Wildman–Crippen LogP) is 2.27. The van der Waals surface area contributed by atoms with Gasteiger partial charge in [0.2, 0.25) is 0 Å². The van der Waals surface area contributed by atoms with E-state index >= 15 is 0 Å². The molecule has 2 heteroatoms. The number of hydrogen-bond acceptors (Lipinski definition) is 2. The molecule has 0 saturated heterocycles. The molecule has 1 heterocycles. The average molecular weight is 203 g/mol. The van der Waals surface area contributed by atoms with Crippen molar-refractivity contribution in [1.82, 2.24) is 4.98 Å². The molecular weight excluding hydrogens is 186 g/mol. The number of fused-ring (bicyclic) bond motifs is 1. The molecule has 0 spiro atoms. The van der Waals surface area contributed by atoms with Crippen LogP contribution in [0.4, 0.5) is 0 Å². The molecule has 1 saturated carbocycles. The van der Waals surface area contributed by atoms with Crippen LogP contribution in [-0.4, -0.2) is 16.2 Å². The number of hydrogen-bond donors (Lipinski definition) is 1. The molecule has 2 aliphatic rings. The van der Waals surface area contributed by atoms with E-state index in [9.17, 15) is 5.11 Å². The third kappa shape index (κ3) is 1.57. The lowest BCUT2D eigenvalue weighted by molar-refractivity contribution is 0.175. The number of aliphatic hydroxyl groups is 1. The molecule has 1 fully saturated rings. The Balaban J connectivity index is 1.85. The molecule has 1 aromatic rings. The van der Waals surface area contributed by atoms with Crippen molar-refractivity contribution in [2.24, 2.45) is 5.92 Å². The minimum Gasteiger partial charge on any atom is -0.393 e. The van der Waals surface area contributed by atoms with E-state index in [4.69, 9.17) is 0 Å². The van der Waals surface area contributed by atoms with Gasteiger partial charge in [0, 0.05) is 17.8 Å². The van der Waals surface area contributed by atoms with E-state index in [1.807, 2.05) is 12.3 Å². The molecule has 2 aliphatic carbocycles. The zero-order valence-corrected chi connectivity index (χ0v) is 8.89. The smallest absolute Gasteiger partial charge is 0.0543 e. The molecule has 15 heavy (non-hydrogen) atoms. The molecule has 2 nitrogen and oxygen atoms in total. The highest BCUT2D eigenvalue weighted by molar-refractivity contribution is 5.29. The molecular formula is C13H17NO. The molecule has 0 radical (unpaired) electrons. The molecule has 1 aromatic heterocycles. The number of aryl methyl sites for hydroxylation is 1. The average Bonchev–Trinajstić information content (AvgIpc) is 2.83. The maximum absolute atomic E-state index is 9.59. The minimum atomic E-state index is -0.0530. The first-order valence-corrected chi connectivity index (χ1v) is 5.96. The fourth-order valence-corrected chi connectivity index (χ4v) is 3.26. The predicted molar refractivity (Wildman–Crippen MR) is 58.6 cm³/mol. The number of aliphatic hydroxyl groups excluding tert-OH is 1. The Morgan fingerprint density at radius 3 is 3.00 bits per heavy atom. The lowest BCUT2D eigenvalue weighted by atomic mass is 9.88. The summed E-state index contributed by atoms with van der Waals surface area (Å²) in [5.41, 5.74) is 2.75. The van der Waals surface area contributed by atoms with Crippen LogP contribution >= 0.6 is 0 Å². The van der Waals surface area contributed by atoms with Gasteiger partial charge in [-0.1, -0.05) is 6.07 Å². The van der Waals surface area contributed by atoms with E-state index in [0.29, 0.717) is 11.8 Å². The highest BCUT2D eigenvalue weighted by atomic mass is 16.3. The first kappa shape index (κ1) is 9.34. The van der Waals surface area contributed by atoms with Gasteiger partial charge in [-0.25, -0.2) is 0 Å². The van der Waals surface area contributed by atoms with E-state index in [-0.39, 0.29) is 6.10 Å². The SMILES string of the molecule is OC1CCC(C2CCc3cccnc32)C1. The number of nitrogens with zero attached hydrogens (tertiary/aromatic N) is 1. The van der Waals surface area contributed by atoms with E-state index in [1.165, 1.54) is 30.5 Å². The number of pyridine rings is 1. The molecule has 3 atom stereocenters. The van der Waals surface area contributed by atoms with Crippen LogP contribution in [0.3, 0.4) is 0 Å². The highest BCUT2D eigenvalue weighted by Gasteiger charge is 2.35. The van der Waals surface area contributed by atoms with Crippen LogP contribution in [0.1, 0.15) is 42.9 Å². The van der Waals surface area contributed by atoms with Crippen molar-refractivity contribution in [2.75, 3.05) is 0 Å². The largest absolute Gasteiger partial charge is 0.393 e. The third-order valence-corrected chi connectivity index (χ3v) is 4.02. The summed E-state index contributed by atoms with van der Waals surface area (Å²) in [6.07, 6.45) is 7.43. The van der Waals surface area contributed by atoms with Crippen LogP contribution < -0.4 is 0 Å². The van der Waals surface area contributed by atoms with Crippen molar-refractivity contribution in [3.63, 3.8) is 0 Å². The molecule has 1 N–H and O–H groups in total. The van der Waals surface area contributed by atoms with Crippen molar-refractivity contribution >= 4 is 0 Å². The Morgan fingerprint density at radius 2 is 2.20 bits per heavy atom. The topological polar surface area (TPSA) is 33.1 Å². The van der Waals surface area contributed by atoms with Gasteiger partial charge < -0.3 is 5.11 Å². The van der Waals surface area contributed by atoms with Crippen LogP contribution in [0.2, 0.25) is 0 Å². The number of aromatic nitrogens is 1. The van der Waals surface area contributed by atoms with Crippen LogP contribution in [0.25, 0.3) is 0 Å². The lowest BCUT2D eigenvalue weighted by Crippen LogP contribution is -2.09. The van der Waals surface area contributed by atoms with Gasteiger partial charge in [0.1, 0.15) is 0 Å². The Kier molecular flexibility index (Phi) is 2.24. The van der Waals surface area contributed by atoms with Gasteiger partial charge in [0.05, 0.1) is 6.10 Å². The Labute approximate surface area is 90.4 Å². The van der Waals surface area contributed by atoms with Crippen LogP contribution in [0.5, 0.6) is 0 Å². The molecule has 3 unspecified atom stereocenters. The zero-order valence-electron chi connectivity index (χ0n) is 8.89.